The van der Waals surface area contributed by atoms with Crippen molar-refractivity contribution in [3.05, 3.63) is 90.8 Å². The third kappa shape index (κ3) is 4.69. The summed E-state index contributed by atoms with van der Waals surface area (Å²) in [6, 6.07) is 14.6. The van der Waals surface area contributed by atoms with Gasteiger partial charge in [-0.2, -0.15) is 10.2 Å². The fourth-order valence-electron chi connectivity index (χ4n) is 3.83. The van der Waals surface area contributed by atoms with Crippen molar-refractivity contribution < 1.29 is 0 Å². The maximum absolute atomic E-state index is 4.55. The van der Waals surface area contributed by atoms with Crippen molar-refractivity contribution in [2.75, 3.05) is 30.4 Å². The molecule has 0 fully saturated rings. The molecular formula is C25H26N8. The summed E-state index contributed by atoms with van der Waals surface area (Å²) in [5.74, 6) is 0.640. The first-order valence-electron chi connectivity index (χ1n) is 10.9. The zero-order valence-electron chi connectivity index (χ0n) is 18.8. The van der Waals surface area contributed by atoms with Crippen molar-refractivity contribution in [3.8, 4) is 11.1 Å². The summed E-state index contributed by atoms with van der Waals surface area (Å²) in [6.45, 7) is 1.51. The van der Waals surface area contributed by atoms with E-state index in [1.807, 2.05) is 66.9 Å². The molecule has 1 N–H and O–H groups in total. The van der Waals surface area contributed by atoms with Crippen molar-refractivity contribution in [1.82, 2.24) is 29.4 Å². The fourth-order valence-corrected chi connectivity index (χ4v) is 3.83. The molecule has 4 heterocycles. The molecule has 0 aliphatic rings. The van der Waals surface area contributed by atoms with Gasteiger partial charge < -0.3 is 10.2 Å². The number of aryl methyl sites for hydroxylation is 1. The number of fused-ring (bicyclic) bond motifs is 1. The fraction of sp³-hybridized carbons (Fsp3) is 0.200. The van der Waals surface area contributed by atoms with Crippen LogP contribution < -0.4 is 10.2 Å². The summed E-state index contributed by atoms with van der Waals surface area (Å²) in [5.41, 5.74) is 6.65. The molecule has 0 bridgehead atoms. The van der Waals surface area contributed by atoms with Crippen LogP contribution in [0.1, 0.15) is 11.1 Å². The highest BCUT2D eigenvalue weighted by atomic mass is 15.3. The summed E-state index contributed by atoms with van der Waals surface area (Å²) in [7, 11) is 3.98. The first kappa shape index (κ1) is 20.7. The number of aromatic nitrogens is 6. The SMILES string of the molecule is CN(CCNc1ncc(Cc2ccccc2)cn1)c1cnn2cc(-c3cnn(C)c3)ccc12. The molecule has 0 unspecified atom stereocenters. The lowest BCUT2D eigenvalue weighted by atomic mass is 10.1. The lowest BCUT2D eigenvalue weighted by molar-refractivity contribution is 0.768. The van der Waals surface area contributed by atoms with E-state index in [2.05, 4.69) is 61.7 Å². The highest BCUT2D eigenvalue weighted by Crippen LogP contribution is 2.24. The van der Waals surface area contributed by atoms with Gasteiger partial charge >= 0.3 is 0 Å². The van der Waals surface area contributed by atoms with E-state index in [-0.39, 0.29) is 0 Å². The number of rotatable bonds is 8. The quantitative estimate of drug-likeness (QED) is 0.398. The van der Waals surface area contributed by atoms with E-state index in [0.717, 1.165) is 47.4 Å². The van der Waals surface area contributed by atoms with E-state index in [1.165, 1.54) is 5.56 Å². The van der Waals surface area contributed by atoms with E-state index < -0.39 is 0 Å². The zero-order valence-corrected chi connectivity index (χ0v) is 18.8. The molecule has 5 rings (SSSR count). The van der Waals surface area contributed by atoms with Gasteiger partial charge in [0, 0.05) is 69.5 Å². The summed E-state index contributed by atoms with van der Waals surface area (Å²) < 4.78 is 3.71. The molecule has 0 amide bonds. The molecule has 4 aromatic heterocycles. The Bertz CT molecular complexity index is 1340. The van der Waals surface area contributed by atoms with Crippen molar-refractivity contribution in [2.45, 2.75) is 6.42 Å². The Morgan fingerprint density at radius 3 is 2.42 bits per heavy atom. The molecule has 0 atom stereocenters. The van der Waals surface area contributed by atoms with Crippen LogP contribution in [-0.4, -0.2) is 49.5 Å². The third-order valence-electron chi connectivity index (χ3n) is 5.63. The van der Waals surface area contributed by atoms with Crippen molar-refractivity contribution in [1.29, 1.82) is 0 Å². The Hall–Kier alpha value is -4.20. The Labute approximate surface area is 192 Å². The van der Waals surface area contributed by atoms with Gasteiger partial charge in [0.15, 0.2) is 0 Å². The molecule has 5 aromatic rings. The van der Waals surface area contributed by atoms with Crippen LogP contribution >= 0.6 is 0 Å². The molecule has 0 radical (unpaired) electrons. The molecule has 8 nitrogen and oxygen atoms in total. The minimum absolute atomic E-state index is 0.640. The van der Waals surface area contributed by atoms with Crippen LogP contribution in [0.2, 0.25) is 0 Å². The first-order chi connectivity index (χ1) is 16.2. The summed E-state index contributed by atoms with van der Waals surface area (Å²) in [6.07, 6.45) is 12.4. The molecular weight excluding hydrogens is 412 g/mol. The second-order valence-corrected chi connectivity index (χ2v) is 8.11. The lowest BCUT2D eigenvalue weighted by Gasteiger charge is -2.18. The number of likely N-dealkylation sites (N-methyl/N-ethyl adjacent to an activating group) is 1. The maximum Gasteiger partial charge on any atom is 0.222 e. The standard InChI is InChI=1S/C25H26N8/c1-31(11-10-26-25-27-13-20(14-28-25)12-19-6-4-3-5-7-19)24-16-30-33-18-21(8-9-23(24)33)22-15-29-32(2)17-22/h3-9,13-18H,10-12H2,1-2H3,(H,26,27,28). The van der Waals surface area contributed by atoms with Crippen LogP contribution in [0.15, 0.2) is 79.6 Å². The third-order valence-corrected chi connectivity index (χ3v) is 5.63. The Morgan fingerprint density at radius 2 is 1.67 bits per heavy atom. The monoisotopic (exact) mass is 438 g/mol. The highest BCUT2D eigenvalue weighted by molar-refractivity contribution is 5.75. The van der Waals surface area contributed by atoms with Crippen LogP contribution in [-0.2, 0) is 13.5 Å². The van der Waals surface area contributed by atoms with E-state index in [4.69, 9.17) is 0 Å². The van der Waals surface area contributed by atoms with Crippen LogP contribution in [0.25, 0.3) is 16.6 Å². The molecule has 166 valence electrons. The molecule has 0 spiro atoms. The lowest BCUT2D eigenvalue weighted by Crippen LogP contribution is -2.25. The van der Waals surface area contributed by atoms with Gasteiger partial charge in [-0.25, -0.2) is 14.5 Å². The second kappa shape index (κ2) is 9.12. The summed E-state index contributed by atoms with van der Waals surface area (Å²) >= 11 is 0. The van der Waals surface area contributed by atoms with Gasteiger partial charge in [-0.05, 0) is 17.2 Å². The Morgan fingerprint density at radius 1 is 0.848 bits per heavy atom. The van der Waals surface area contributed by atoms with Crippen LogP contribution in [0.4, 0.5) is 11.6 Å². The number of benzene rings is 1. The molecule has 33 heavy (non-hydrogen) atoms. The van der Waals surface area contributed by atoms with Gasteiger partial charge in [0.1, 0.15) is 0 Å². The van der Waals surface area contributed by atoms with Crippen molar-refractivity contribution in [2.24, 2.45) is 7.05 Å². The van der Waals surface area contributed by atoms with Gasteiger partial charge in [-0.3, -0.25) is 4.68 Å². The topological polar surface area (TPSA) is 76.2 Å². The average Bonchev–Trinajstić information content (AvgIpc) is 3.46. The molecule has 0 aliphatic heterocycles. The largest absolute Gasteiger partial charge is 0.370 e. The highest BCUT2D eigenvalue weighted by Gasteiger charge is 2.10. The average molecular weight is 439 g/mol. The number of pyridine rings is 1. The number of hydrogen-bond acceptors (Lipinski definition) is 6. The number of nitrogens with one attached hydrogen (secondary N) is 1. The summed E-state index contributed by atoms with van der Waals surface area (Å²) in [4.78, 5) is 11.1. The molecule has 0 saturated heterocycles. The van der Waals surface area contributed by atoms with E-state index >= 15 is 0 Å². The Balaban J connectivity index is 1.18. The van der Waals surface area contributed by atoms with Gasteiger partial charge in [0.2, 0.25) is 5.95 Å². The van der Waals surface area contributed by atoms with Gasteiger partial charge in [0.25, 0.3) is 0 Å². The number of hydrogen-bond donors (Lipinski definition) is 1. The number of anilines is 2. The number of nitrogens with zero attached hydrogens (tertiary/aromatic N) is 7. The van der Waals surface area contributed by atoms with Crippen molar-refractivity contribution in [3.63, 3.8) is 0 Å². The van der Waals surface area contributed by atoms with Crippen LogP contribution in [0.3, 0.4) is 0 Å². The Kier molecular flexibility index (Phi) is 5.72. The van der Waals surface area contributed by atoms with E-state index in [9.17, 15) is 0 Å². The molecule has 8 heteroatoms. The van der Waals surface area contributed by atoms with Crippen LogP contribution in [0.5, 0.6) is 0 Å². The van der Waals surface area contributed by atoms with Gasteiger partial charge in [0.05, 0.1) is 23.6 Å². The van der Waals surface area contributed by atoms with E-state index in [0.29, 0.717) is 5.95 Å². The second-order valence-electron chi connectivity index (χ2n) is 8.11. The minimum Gasteiger partial charge on any atom is -0.370 e. The molecule has 0 aliphatic carbocycles. The maximum atomic E-state index is 4.55. The molecule has 0 saturated carbocycles. The first-order valence-corrected chi connectivity index (χ1v) is 10.9. The smallest absolute Gasteiger partial charge is 0.222 e. The van der Waals surface area contributed by atoms with E-state index in [1.54, 1.807) is 4.68 Å². The van der Waals surface area contributed by atoms with Crippen molar-refractivity contribution >= 4 is 17.2 Å². The normalized spacial score (nSPS) is 11.1. The predicted octanol–water partition coefficient (Wildman–Crippen LogP) is 3.66. The predicted molar refractivity (Wildman–Crippen MR) is 130 cm³/mol. The van der Waals surface area contributed by atoms with Gasteiger partial charge in [-0.15, -0.1) is 0 Å². The van der Waals surface area contributed by atoms with Crippen LogP contribution in [0, 0.1) is 0 Å². The van der Waals surface area contributed by atoms with Gasteiger partial charge in [-0.1, -0.05) is 36.4 Å². The molecule has 1 aromatic carbocycles. The minimum atomic E-state index is 0.640. The zero-order chi connectivity index (χ0) is 22.6. The summed E-state index contributed by atoms with van der Waals surface area (Å²) in [5, 5.41) is 12.1.